The summed E-state index contributed by atoms with van der Waals surface area (Å²) in [6.45, 7) is 84.4. The number of hydrogen-bond donors (Lipinski definition) is 0. The lowest BCUT2D eigenvalue weighted by molar-refractivity contribution is 1.00. The van der Waals surface area contributed by atoms with Crippen molar-refractivity contribution in [1.29, 1.82) is 0 Å². The second-order valence-electron chi connectivity index (χ2n) is 23.4. The summed E-state index contributed by atoms with van der Waals surface area (Å²) in [5.41, 5.74) is 37.5. The Morgan fingerprint density at radius 2 is 0.468 bits per heavy atom. The molecule has 4 heteroatoms. The van der Waals surface area contributed by atoms with Gasteiger partial charge in [-0.25, -0.2) is 0 Å². The van der Waals surface area contributed by atoms with Gasteiger partial charge in [-0.2, -0.15) is 0 Å². The standard InChI is InChI=1S/C22H17N.2C20H13N.C19H11N.20C2H6.CH4/c1-14-6-3-8-16-12-18-10-5-11-19-13-17-9-4-7-15(2)21(17)23(20(14)16)22(18)19;2*1-3-10-18-14(6-1)12-16-8-5-9-17-13-15-7-2-4-11-19(15)21(18)20(16)17;1-3-10-17-13(6-1)12-14-7-5-9-16-15-8-2-4-11-18(15)20(17)19(14)16;20*1-2;/h3-4,6-10H,12-13H2,1-2H3;1,3,5-11H,12-13H2;1-4,6-8,10-11H,12-13H2;2,4-11H,12H2;20*1-2H3;1H4. The summed E-state index contributed by atoms with van der Waals surface area (Å²) in [6.07, 6.45) is 6.87. The average molecular weight is 1700 g/mol. The SMILES string of the molecule is C.CC.CC.CC.CC.CC.CC.CC.CC.CC.CC.CC.CC.CC.CC.CC.CC.CC.CC.CC.CC.Cc1cccc2c1N1c3c(c#ccc3Cc3cccc(C)c31)C2.c1cc2c(cc#1)-n1c3ccccc3c3cccc(c31)C2.c1cc2c(cc#1)N1c3ccccc3Cc3cccc(c31)C2.c1cc2c3c(c#1)Cc1ccccc1N3c1ccccc1C2. The molecule has 0 fully saturated rings. The monoisotopic (exact) mass is 1700 g/mol. The Morgan fingerprint density at radius 1 is 0.198 bits per heavy atom. The van der Waals surface area contributed by atoms with E-state index < -0.39 is 0 Å². The molecule has 0 atom stereocenters. The first kappa shape index (κ1) is 124. The van der Waals surface area contributed by atoms with Gasteiger partial charge in [-0.3, -0.25) is 0 Å². The highest BCUT2D eigenvalue weighted by molar-refractivity contribution is 6.11. The van der Waals surface area contributed by atoms with Crippen molar-refractivity contribution in [3.8, 4) is 5.69 Å². The third kappa shape index (κ3) is 29.6. The van der Waals surface area contributed by atoms with Gasteiger partial charge in [-0.1, -0.05) is 478 Å². The first-order chi connectivity index (χ1) is 62.0. The lowest BCUT2D eigenvalue weighted by Gasteiger charge is -2.40. The zero-order valence-electron chi connectivity index (χ0n) is 87.4. The molecule has 0 unspecified atom stereocenters. The first-order valence-corrected chi connectivity index (χ1v) is 49.6. The predicted molar refractivity (Wildman–Crippen MR) is 578 cm³/mol. The lowest BCUT2D eigenvalue weighted by Crippen LogP contribution is -2.25. The Morgan fingerprint density at radius 3 is 0.913 bits per heavy atom. The molecule has 686 valence electrons. The Bertz CT molecular complexity index is 4500. The van der Waals surface area contributed by atoms with Crippen LogP contribution in [-0.2, 0) is 44.9 Å². The zero-order chi connectivity index (χ0) is 96.3. The maximum atomic E-state index is 3.37. The van der Waals surface area contributed by atoms with Crippen molar-refractivity contribution in [1.82, 2.24) is 4.57 Å². The molecule has 0 saturated carbocycles. The Balaban J connectivity index is -0.000000454. The molecule has 4 nitrogen and oxygen atoms in total. The number of rotatable bonds is 0. The van der Waals surface area contributed by atoms with Crippen LogP contribution in [0.15, 0.2) is 206 Å². The highest BCUT2D eigenvalue weighted by Crippen LogP contribution is 2.54. The van der Waals surface area contributed by atoms with Crippen molar-refractivity contribution in [3.05, 3.63) is 344 Å². The minimum atomic E-state index is 0. The molecule has 0 saturated heterocycles. The van der Waals surface area contributed by atoms with Crippen molar-refractivity contribution in [2.75, 3.05) is 14.7 Å². The normalized spacial score (nSPS) is 10.0. The van der Waals surface area contributed by atoms with E-state index in [1.807, 2.05) is 277 Å². The fraction of sp³-hybridized carbons (Fsp3) is 0.410. The van der Waals surface area contributed by atoms with Crippen LogP contribution in [0.4, 0.5) is 51.2 Å². The molecule has 13 aromatic rings. The summed E-state index contributed by atoms with van der Waals surface area (Å²) in [4.78, 5) is 7.30. The van der Waals surface area contributed by atoms with Gasteiger partial charge in [-0.15, -0.1) is 0 Å². The second-order valence-corrected chi connectivity index (χ2v) is 23.4. The molecule has 1 aromatic heterocycles. The Kier molecular flexibility index (Phi) is 73.0. The van der Waals surface area contributed by atoms with E-state index in [4.69, 9.17) is 0 Å². The molecule has 12 aromatic carbocycles. The van der Waals surface area contributed by atoms with Gasteiger partial charge >= 0.3 is 0 Å². The largest absolute Gasteiger partial charge is 0.309 e. The van der Waals surface area contributed by atoms with Crippen LogP contribution in [0, 0.1) is 62.4 Å². The first-order valence-electron chi connectivity index (χ1n) is 49.6. The quantitative estimate of drug-likeness (QED) is 0.150. The van der Waals surface area contributed by atoms with Crippen LogP contribution < -0.4 is 14.7 Å². The minimum Gasteiger partial charge on any atom is -0.309 e. The second kappa shape index (κ2) is 74.4. The van der Waals surface area contributed by atoms with Crippen molar-refractivity contribution in [3.63, 3.8) is 0 Å². The van der Waals surface area contributed by atoms with Gasteiger partial charge in [0.15, 0.2) is 0 Å². The average Bonchev–Trinajstić information content (AvgIpc) is 1.33. The van der Waals surface area contributed by atoms with E-state index in [9.17, 15) is 0 Å². The summed E-state index contributed by atoms with van der Waals surface area (Å²) in [6, 6.07) is 99.3. The Labute approximate surface area is 779 Å². The highest BCUT2D eigenvalue weighted by atomic mass is 15.2. The van der Waals surface area contributed by atoms with Crippen molar-refractivity contribution >= 4 is 73.0 Å². The summed E-state index contributed by atoms with van der Waals surface area (Å²) in [7, 11) is 0. The fourth-order valence-electron chi connectivity index (χ4n) is 14.8. The van der Waals surface area contributed by atoms with Gasteiger partial charge in [0, 0.05) is 96.0 Å². The Hall–Kier alpha value is -10.9. The molecule has 0 spiro atoms. The number of fused-ring (bicyclic) bond motifs is 17. The summed E-state index contributed by atoms with van der Waals surface area (Å²) in [5, 5.41) is 2.67. The molecular formula is C122H178N4. The molecule has 0 radical (unpaired) electrons. The smallest absolute Gasteiger partial charge is 0.0622 e. The van der Waals surface area contributed by atoms with E-state index in [2.05, 4.69) is 288 Å². The molecule has 0 N–H and O–H groups in total. The predicted octanol–water partition coefficient (Wildman–Crippen LogP) is 39.8. The van der Waals surface area contributed by atoms with Crippen LogP contribution in [-0.4, -0.2) is 4.57 Å². The summed E-state index contributed by atoms with van der Waals surface area (Å²) >= 11 is 0. The molecule has 0 amide bonds. The van der Waals surface area contributed by atoms with Crippen molar-refractivity contribution < 1.29 is 0 Å². The van der Waals surface area contributed by atoms with Crippen LogP contribution in [0.1, 0.15) is 373 Å². The van der Waals surface area contributed by atoms with Crippen LogP contribution in [0.5, 0.6) is 0 Å². The van der Waals surface area contributed by atoms with Gasteiger partial charge in [0.2, 0.25) is 0 Å². The maximum absolute atomic E-state index is 3.37. The number of para-hydroxylation sites is 8. The molecule has 0 bridgehead atoms. The number of nitrogens with zero attached hydrogens (tertiary/aromatic N) is 4. The minimum absolute atomic E-state index is 0. The van der Waals surface area contributed by atoms with Crippen LogP contribution in [0.3, 0.4) is 0 Å². The van der Waals surface area contributed by atoms with Gasteiger partial charge in [0.05, 0.1) is 50.8 Å². The zero-order valence-corrected chi connectivity index (χ0v) is 87.4. The van der Waals surface area contributed by atoms with E-state index in [1.54, 1.807) is 0 Å². The topological polar surface area (TPSA) is 14.7 Å². The number of benzene rings is 8. The molecule has 126 heavy (non-hydrogen) atoms. The summed E-state index contributed by atoms with van der Waals surface area (Å²) < 4.78 is 2.38. The fourth-order valence-corrected chi connectivity index (χ4v) is 14.8. The summed E-state index contributed by atoms with van der Waals surface area (Å²) in [5.74, 6) is 0. The van der Waals surface area contributed by atoms with Gasteiger partial charge in [0.25, 0.3) is 0 Å². The molecule has 0 aliphatic carbocycles. The maximum Gasteiger partial charge on any atom is 0.0622 e. The van der Waals surface area contributed by atoms with E-state index in [-0.39, 0.29) is 7.43 Å². The van der Waals surface area contributed by atoms with Gasteiger partial charge in [-0.05, 0) is 140 Å². The van der Waals surface area contributed by atoms with E-state index >= 15 is 0 Å². The molecule has 7 aliphatic rings. The molecule has 8 heterocycles. The highest BCUT2D eigenvalue weighted by Gasteiger charge is 2.35. The van der Waals surface area contributed by atoms with Crippen molar-refractivity contribution in [2.45, 2.75) is 343 Å². The molecular weight excluding hydrogens is 1520 g/mol. The van der Waals surface area contributed by atoms with E-state index in [0.29, 0.717) is 0 Å². The third-order valence-electron chi connectivity index (χ3n) is 18.4. The van der Waals surface area contributed by atoms with Crippen molar-refractivity contribution in [2.24, 2.45) is 0 Å². The number of aromatic nitrogens is 1. The van der Waals surface area contributed by atoms with E-state index in [0.717, 1.165) is 44.9 Å². The van der Waals surface area contributed by atoms with Crippen LogP contribution in [0.2, 0.25) is 0 Å². The van der Waals surface area contributed by atoms with Gasteiger partial charge < -0.3 is 19.3 Å². The lowest BCUT2D eigenvalue weighted by atomic mass is 9.85. The van der Waals surface area contributed by atoms with E-state index in [1.165, 1.54) is 168 Å². The molecule has 20 rings (SSSR count). The van der Waals surface area contributed by atoms with Gasteiger partial charge in [0.1, 0.15) is 0 Å². The third-order valence-corrected chi connectivity index (χ3v) is 18.4. The number of anilines is 9. The number of aryl methyl sites for hydroxylation is 2. The molecule has 7 aliphatic heterocycles. The number of hydrogen-bond acceptors (Lipinski definition) is 3. The van der Waals surface area contributed by atoms with Crippen LogP contribution >= 0.6 is 0 Å². The van der Waals surface area contributed by atoms with Crippen LogP contribution in [0.25, 0.3) is 27.5 Å².